The van der Waals surface area contributed by atoms with Crippen molar-refractivity contribution in [3.05, 3.63) is 0 Å². The molecule has 104 valence electrons. The maximum absolute atomic E-state index is 11.3. The van der Waals surface area contributed by atoms with Crippen LogP contribution in [0.25, 0.3) is 0 Å². The van der Waals surface area contributed by atoms with Crippen LogP contribution in [0, 0.1) is 5.41 Å². The van der Waals surface area contributed by atoms with E-state index in [2.05, 4.69) is 18.7 Å². The van der Waals surface area contributed by atoms with Crippen LogP contribution in [0.15, 0.2) is 0 Å². The third-order valence-corrected chi connectivity index (χ3v) is 5.04. The van der Waals surface area contributed by atoms with Crippen LogP contribution in [0.5, 0.6) is 0 Å². The summed E-state index contributed by atoms with van der Waals surface area (Å²) >= 11 is 0. The van der Waals surface area contributed by atoms with Crippen molar-refractivity contribution >= 4 is 5.97 Å². The number of hydrogen-bond acceptors (Lipinski definition) is 2. The zero-order chi connectivity index (χ0) is 13.2. The second kappa shape index (κ2) is 5.20. The Morgan fingerprint density at radius 2 is 1.61 bits per heavy atom. The maximum Gasteiger partial charge on any atom is 0.305 e. The predicted octanol–water partition coefficient (Wildman–Crippen LogP) is 3.29. The summed E-state index contributed by atoms with van der Waals surface area (Å²) in [6, 6.07) is 0. The monoisotopic (exact) mass is 253 g/mol. The molecule has 0 aromatic carbocycles. The van der Waals surface area contributed by atoms with Crippen LogP contribution in [0.3, 0.4) is 0 Å². The van der Waals surface area contributed by atoms with Crippen LogP contribution in [0.4, 0.5) is 0 Å². The van der Waals surface area contributed by atoms with Gasteiger partial charge in [0.05, 0.1) is 6.42 Å². The van der Waals surface area contributed by atoms with E-state index in [1.54, 1.807) is 0 Å². The van der Waals surface area contributed by atoms with Crippen molar-refractivity contribution in [2.45, 2.75) is 70.8 Å². The number of carboxylic acid groups (broad SMARTS) is 1. The summed E-state index contributed by atoms with van der Waals surface area (Å²) in [5.41, 5.74) is 0.361. The first-order valence-corrected chi connectivity index (χ1v) is 7.41. The largest absolute Gasteiger partial charge is 0.481 e. The van der Waals surface area contributed by atoms with Gasteiger partial charge in [0.15, 0.2) is 0 Å². The molecule has 2 fully saturated rings. The highest BCUT2D eigenvalue weighted by molar-refractivity contribution is 5.68. The van der Waals surface area contributed by atoms with Crippen molar-refractivity contribution in [3.8, 4) is 0 Å². The first kappa shape index (κ1) is 13.9. The lowest BCUT2D eigenvalue weighted by atomic mass is 9.67. The lowest BCUT2D eigenvalue weighted by Crippen LogP contribution is -2.54. The van der Waals surface area contributed by atoms with Crippen LogP contribution in [0.2, 0.25) is 0 Å². The van der Waals surface area contributed by atoms with Gasteiger partial charge in [0.25, 0.3) is 0 Å². The van der Waals surface area contributed by atoms with Gasteiger partial charge in [0, 0.05) is 5.54 Å². The van der Waals surface area contributed by atoms with Crippen molar-refractivity contribution in [3.63, 3.8) is 0 Å². The van der Waals surface area contributed by atoms with Gasteiger partial charge in [0.1, 0.15) is 0 Å². The number of likely N-dealkylation sites (tertiary alicyclic amines) is 1. The van der Waals surface area contributed by atoms with E-state index < -0.39 is 5.97 Å². The average Bonchev–Trinajstić information content (AvgIpc) is 2.33. The summed E-state index contributed by atoms with van der Waals surface area (Å²) in [6.07, 6.45) is 8.58. The van der Waals surface area contributed by atoms with E-state index in [1.165, 1.54) is 19.3 Å². The Bertz CT molecular complexity index is 296. The van der Waals surface area contributed by atoms with E-state index in [4.69, 9.17) is 0 Å². The number of carbonyl (C=O) groups is 1. The molecule has 2 rings (SSSR count). The lowest BCUT2D eigenvalue weighted by molar-refractivity contribution is -0.142. The van der Waals surface area contributed by atoms with E-state index in [0.29, 0.717) is 11.8 Å². The van der Waals surface area contributed by atoms with Crippen LogP contribution >= 0.6 is 0 Å². The van der Waals surface area contributed by atoms with Gasteiger partial charge in [-0.15, -0.1) is 0 Å². The molecule has 1 aliphatic carbocycles. The molecule has 0 unspecified atom stereocenters. The van der Waals surface area contributed by atoms with Crippen molar-refractivity contribution in [2.24, 2.45) is 5.41 Å². The highest BCUT2D eigenvalue weighted by Gasteiger charge is 2.43. The predicted molar refractivity (Wildman–Crippen MR) is 72.7 cm³/mol. The summed E-state index contributed by atoms with van der Waals surface area (Å²) in [7, 11) is 0. The molecule has 0 aromatic heterocycles. The minimum atomic E-state index is -0.625. The molecule has 1 N–H and O–H groups in total. The molecule has 0 aromatic rings. The molecular weight excluding hydrogens is 226 g/mol. The normalized spacial score (nSPS) is 27.9. The van der Waals surface area contributed by atoms with Crippen molar-refractivity contribution in [1.82, 2.24) is 4.90 Å². The highest BCUT2D eigenvalue weighted by atomic mass is 16.4. The number of carboxylic acids is 1. The van der Waals surface area contributed by atoms with Gasteiger partial charge < -0.3 is 5.11 Å². The molecule has 0 amide bonds. The molecule has 2 aliphatic rings. The summed E-state index contributed by atoms with van der Waals surface area (Å²) in [6.45, 7) is 6.84. The van der Waals surface area contributed by atoms with E-state index >= 15 is 0 Å². The van der Waals surface area contributed by atoms with Gasteiger partial charge in [0.2, 0.25) is 0 Å². The van der Waals surface area contributed by atoms with Crippen molar-refractivity contribution in [1.29, 1.82) is 0 Å². The maximum atomic E-state index is 11.3. The molecule has 1 heterocycles. The van der Waals surface area contributed by atoms with Gasteiger partial charge in [-0.05, 0) is 57.0 Å². The van der Waals surface area contributed by atoms with Gasteiger partial charge in [-0.3, -0.25) is 9.69 Å². The molecule has 3 heteroatoms. The highest BCUT2D eigenvalue weighted by Crippen LogP contribution is 2.45. The van der Waals surface area contributed by atoms with Gasteiger partial charge in [-0.2, -0.15) is 0 Å². The van der Waals surface area contributed by atoms with E-state index in [-0.39, 0.29) is 5.54 Å². The molecule has 1 saturated heterocycles. The SMILES string of the molecule is CC1(C)CCC(CC(=O)O)(N2CCCCC2)CC1. The standard InChI is InChI=1S/C15H27NO2/c1-14(2)6-8-15(9-7-14,12-13(17)18)16-10-4-3-5-11-16/h3-12H2,1-2H3,(H,17,18). The van der Waals surface area contributed by atoms with Crippen molar-refractivity contribution < 1.29 is 9.90 Å². The molecule has 0 bridgehead atoms. The van der Waals surface area contributed by atoms with Crippen LogP contribution in [-0.2, 0) is 4.79 Å². The molecule has 18 heavy (non-hydrogen) atoms. The number of hydrogen-bond donors (Lipinski definition) is 1. The Morgan fingerprint density at radius 1 is 1.06 bits per heavy atom. The number of aliphatic carboxylic acids is 1. The van der Waals surface area contributed by atoms with E-state index in [9.17, 15) is 9.90 Å². The number of rotatable bonds is 3. The van der Waals surface area contributed by atoms with Crippen LogP contribution < -0.4 is 0 Å². The molecule has 0 spiro atoms. The molecule has 1 saturated carbocycles. The molecule has 3 nitrogen and oxygen atoms in total. The Kier molecular flexibility index (Phi) is 4.00. The zero-order valence-corrected chi connectivity index (χ0v) is 11.9. The summed E-state index contributed by atoms with van der Waals surface area (Å²) in [5.74, 6) is -0.625. The smallest absolute Gasteiger partial charge is 0.305 e. The van der Waals surface area contributed by atoms with Gasteiger partial charge in [-0.25, -0.2) is 0 Å². The quantitative estimate of drug-likeness (QED) is 0.839. The van der Waals surface area contributed by atoms with E-state index in [0.717, 1.165) is 38.8 Å². The summed E-state index contributed by atoms with van der Waals surface area (Å²) < 4.78 is 0. The Balaban J connectivity index is 2.10. The zero-order valence-electron chi connectivity index (χ0n) is 11.9. The number of piperidine rings is 1. The topological polar surface area (TPSA) is 40.5 Å². The fourth-order valence-electron chi connectivity index (χ4n) is 3.65. The second-order valence-electron chi connectivity index (χ2n) is 7.01. The first-order valence-electron chi connectivity index (χ1n) is 7.41. The van der Waals surface area contributed by atoms with Crippen molar-refractivity contribution in [2.75, 3.05) is 13.1 Å². The third-order valence-electron chi connectivity index (χ3n) is 5.04. The fourth-order valence-corrected chi connectivity index (χ4v) is 3.65. The minimum absolute atomic E-state index is 0.0399. The molecule has 1 aliphatic heterocycles. The van der Waals surface area contributed by atoms with Gasteiger partial charge in [-0.1, -0.05) is 20.3 Å². The molecule has 0 radical (unpaired) electrons. The summed E-state index contributed by atoms with van der Waals surface area (Å²) in [5, 5.41) is 9.27. The lowest BCUT2D eigenvalue weighted by Gasteiger charge is -2.50. The minimum Gasteiger partial charge on any atom is -0.481 e. The third kappa shape index (κ3) is 3.05. The first-order chi connectivity index (χ1) is 8.44. The van der Waals surface area contributed by atoms with E-state index in [1.807, 2.05) is 0 Å². The molecule has 0 atom stereocenters. The Hall–Kier alpha value is -0.570. The fraction of sp³-hybridized carbons (Fsp3) is 0.933. The summed E-state index contributed by atoms with van der Waals surface area (Å²) in [4.78, 5) is 13.7. The Morgan fingerprint density at radius 3 is 2.11 bits per heavy atom. The van der Waals surface area contributed by atoms with Crippen LogP contribution in [-0.4, -0.2) is 34.6 Å². The van der Waals surface area contributed by atoms with Gasteiger partial charge >= 0.3 is 5.97 Å². The second-order valence-corrected chi connectivity index (χ2v) is 7.01. The molecular formula is C15H27NO2. The van der Waals surface area contributed by atoms with Crippen LogP contribution in [0.1, 0.15) is 65.2 Å². The average molecular weight is 253 g/mol. The Labute approximate surface area is 111 Å². The number of nitrogens with zero attached hydrogens (tertiary/aromatic N) is 1.